The van der Waals surface area contributed by atoms with Crippen molar-refractivity contribution in [2.45, 2.75) is 64.3 Å². The summed E-state index contributed by atoms with van der Waals surface area (Å²) in [6, 6.07) is 10.9. The summed E-state index contributed by atoms with van der Waals surface area (Å²) < 4.78 is 9.97. The van der Waals surface area contributed by atoms with Gasteiger partial charge in [0.25, 0.3) is 5.91 Å². The molecule has 48 heavy (non-hydrogen) atoms. The van der Waals surface area contributed by atoms with E-state index in [1.165, 1.54) is 18.9 Å². The Hall–Kier alpha value is -4.71. The number of carbonyl (C=O) groups is 3. The van der Waals surface area contributed by atoms with Gasteiger partial charge in [0.2, 0.25) is 5.91 Å². The number of likely N-dealkylation sites (tertiary alicyclic amines) is 1. The number of carbonyl (C=O) groups excluding carboxylic acids is 3. The minimum absolute atomic E-state index is 0.249. The van der Waals surface area contributed by atoms with Crippen LogP contribution in [0.5, 0.6) is 0 Å². The summed E-state index contributed by atoms with van der Waals surface area (Å²) in [5.74, 6) is 0.953. The number of nitrogens with one attached hydrogen (secondary N) is 2. The number of hydrogen-bond acceptors (Lipinski definition) is 7. The third-order valence-corrected chi connectivity index (χ3v) is 8.69. The monoisotopic (exact) mass is 654 g/mol. The molecule has 3 amide bonds. The number of fused-ring (bicyclic) bond motifs is 2. The van der Waals surface area contributed by atoms with Gasteiger partial charge in [-0.3, -0.25) is 9.59 Å². The van der Waals surface area contributed by atoms with Crippen molar-refractivity contribution < 1.29 is 19.1 Å². The molecule has 12 heteroatoms. The molecule has 2 N–H and O–H groups in total. The second-order valence-corrected chi connectivity index (χ2v) is 14.4. The number of aromatic nitrogens is 4. The molecule has 3 aromatic heterocycles. The molecule has 1 aliphatic heterocycles. The van der Waals surface area contributed by atoms with E-state index in [1.54, 1.807) is 17.0 Å². The molecule has 0 spiro atoms. The molecule has 2 aliphatic rings. The van der Waals surface area contributed by atoms with Crippen molar-refractivity contribution in [3.8, 4) is 11.5 Å². The summed E-state index contributed by atoms with van der Waals surface area (Å²) >= 11 is 0. The number of hydrogen-bond donors (Lipinski definition) is 2. The third-order valence-electron chi connectivity index (χ3n) is 8.69. The minimum atomic E-state index is -0.680. The van der Waals surface area contributed by atoms with E-state index in [4.69, 9.17) is 9.72 Å². The van der Waals surface area contributed by atoms with Crippen LogP contribution in [0.1, 0.15) is 50.4 Å². The molecule has 1 aliphatic carbocycles. The van der Waals surface area contributed by atoms with E-state index in [9.17, 15) is 14.4 Å². The molecule has 0 unspecified atom stereocenters. The van der Waals surface area contributed by atoms with Crippen LogP contribution in [0.15, 0.2) is 54.7 Å². The summed E-state index contributed by atoms with van der Waals surface area (Å²) in [6.07, 6.45) is 7.54. The SMILES string of the molecule is CN(C)C/C=C/C(=O)N[C@H]1C[C@@H](NC(=O)c2ccc3c(c2)nc(-c2cc4cccnc4n2CC2CC2)n3C)CN(C(=O)OC(C)(C)C)C1. The number of amides is 3. The Morgan fingerprint density at radius 3 is 2.52 bits per heavy atom. The standard InChI is InChI=1S/C36H46N8O4/c1-36(2,3)48-35(47)43-21-26(38-31(45)10-8-16-41(4)5)19-27(22-43)39-34(46)25-13-14-29-28(17-25)40-33(42(29)6)30-18-24-9-7-15-37-32(24)44(30)20-23-11-12-23/h7-10,13-15,17-18,23,26-27H,11-12,16,19-22H2,1-6H3,(H,38,45)(H,39,46)/b10-8+/t26-,27+/m0/s1. The van der Waals surface area contributed by atoms with Crippen molar-refractivity contribution in [3.63, 3.8) is 0 Å². The number of piperidine rings is 1. The predicted molar refractivity (Wildman–Crippen MR) is 185 cm³/mol. The Morgan fingerprint density at radius 1 is 1.06 bits per heavy atom. The minimum Gasteiger partial charge on any atom is -0.444 e. The van der Waals surface area contributed by atoms with E-state index < -0.39 is 17.7 Å². The summed E-state index contributed by atoms with van der Waals surface area (Å²) in [6.45, 7) is 7.51. The molecule has 1 saturated carbocycles. The van der Waals surface area contributed by atoms with Crippen LogP contribution in [-0.4, -0.2) is 98.2 Å². The summed E-state index contributed by atoms with van der Waals surface area (Å²) in [5.41, 5.74) is 3.38. The van der Waals surface area contributed by atoms with Crippen molar-refractivity contribution in [2.24, 2.45) is 13.0 Å². The number of nitrogens with zero attached hydrogens (tertiary/aromatic N) is 6. The van der Waals surface area contributed by atoms with E-state index in [2.05, 4.69) is 36.9 Å². The normalized spacial score (nSPS) is 18.6. The van der Waals surface area contributed by atoms with Crippen LogP contribution >= 0.6 is 0 Å². The zero-order valence-electron chi connectivity index (χ0n) is 28.7. The molecular weight excluding hydrogens is 608 g/mol. The maximum absolute atomic E-state index is 13.7. The molecule has 0 radical (unpaired) electrons. The van der Waals surface area contributed by atoms with E-state index >= 15 is 0 Å². The lowest BCUT2D eigenvalue weighted by atomic mass is 10.00. The second kappa shape index (κ2) is 13.4. The maximum Gasteiger partial charge on any atom is 0.410 e. The van der Waals surface area contributed by atoms with Gasteiger partial charge in [-0.1, -0.05) is 6.08 Å². The average molecular weight is 655 g/mol. The molecule has 4 aromatic rings. The molecule has 12 nitrogen and oxygen atoms in total. The van der Waals surface area contributed by atoms with Crippen LogP contribution < -0.4 is 10.6 Å². The molecular formula is C36H46N8O4. The largest absolute Gasteiger partial charge is 0.444 e. The molecule has 1 aromatic carbocycles. The lowest BCUT2D eigenvalue weighted by Crippen LogP contribution is -2.58. The fourth-order valence-corrected chi connectivity index (χ4v) is 6.26. The van der Waals surface area contributed by atoms with Gasteiger partial charge in [0.1, 0.15) is 11.2 Å². The predicted octanol–water partition coefficient (Wildman–Crippen LogP) is 4.34. The topological polar surface area (TPSA) is 127 Å². The van der Waals surface area contributed by atoms with E-state index in [-0.39, 0.29) is 30.9 Å². The quantitative estimate of drug-likeness (QED) is 0.257. The zero-order valence-corrected chi connectivity index (χ0v) is 28.7. The fourth-order valence-electron chi connectivity index (χ4n) is 6.26. The van der Waals surface area contributed by atoms with Crippen LogP contribution in [0.4, 0.5) is 4.79 Å². The van der Waals surface area contributed by atoms with Gasteiger partial charge in [-0.15, -0.1) is 0 Å². The van der Waals surface area contributed by atoms with Gasteiger partial charge in [-0.25, -0.2) is 14.8 Å². The Bertz CT molecular complexity index is 1860. The van der Waals surface area contributed by atoms with Gasteiger partial charge in [-0.05, 0) is 96.4 Å². The van der Waals surface area contributed by atoms with Crippen LogP contribution in [0.25, 0.3) is 33.6 Å². The number of ether oxygens (including phenoxy) is 1. The average Bonchev–Trinajstić information content (AvgIpc) is 3.69. The number of rotatable bonds is 9. The van der Waals surface area contributed by atoms with Gasteiger partial charge < -0.3 is 34.3 Å². The van der Waals surface area contributed by atoms with Crippen LogP contribution in [0, 0.1) is 5.92 Å². The number of imidazole rings is 1. The molecule has 2 atom stereocenters. The second-order valence-electron chi connectivity index (χ2n) is 14.4. The van der Waals surface area contributed by atoms with Crippen LogP contribution in [0.3, 0.4) is 0 Å². The molecule has 6 rings (SSSR count). The molecule has 1 saturated heterocycles. The molecule has 254 valence electrons. The van der Waals surface area contributed by atoms with Crippen molar-refractivity contribution >= 4 is 40.0 Å². The fraction of sp³-hybridized carbons (Fsp3) is 0.472. The lowest BCUT2D eigenvalue weighted by molar-refractivity contribution is -0.117. The Morgan fingerprint density at radius 2 is 1.81 bits per heavy atom. The summed E-state index contributed by atoms with van der Waals surface area (Å²) in [7, 11) is 5.84. The first kappa shape index (κ1) is 33.2. The Balaban J connectivity index is 1.22. The highest BCUT2D eigenvalue weighted by Crippen LogP contribution is 2.36. The number of aryl methyl sites for hydroxylation is 1. The molecule has 0 bridgehead atoms. The highest BCUT2D eigenvalue weighted by atomic mass is 16.6. The number of pyridine rings is 1. The highest BCUT2D eigenvalue weighted by Gasteiger charge is 2.34. The first-order valence-corrected chi connectivity index (χ1v) is 16.7. The summed E-state index contributed by atoms with van der Waals surface area (Å²) in [5, 5.41) is 7.18. The van der Waals surface area contributed by atoms with Crippen molar-refractivity contribution in [1.29, 1.82) is 0 Å². The Kier molecular flexibility index (Phi) is 9.28. The molecule has 2 fully saturated rings. The van der Waals surface area contributed by atoms with E-state index in [1.807, 2.05) is 71.2 Å². The number of benzene rings is 1. The van der Waals surface area contributed by atoms with Gasteiger partial charge in [-0.2, -0.15) is 0 Å². The van der Waals surface area contributed by atoms with Crippen molar-refractivity contribution in [2.75, 3.05) is 33.7 Å². The summed E-state index contributed by atoms with van der Waals surface area (Å²) in [4.78, 5) is 52.6. The number of likely N-dealkylation sites (N-methyl/N-ethyl adjacent to an activating group) is 1. The first-order chi connectivity index (χ1) is 22.8. The molecule has 4 heterocycles. The lowest BCUT2D eigenvalue weighted by Gasteiger charge is -2.38. The van der Waals surface area contributed by atoms with Gasteiger partial charge in [0.15, 0.2) is 5.82 Å². The Labute approximate surface area is 281 Å². The zero-order chi connectivity index (χ0) is 34.2. The van der Waals surface area contributed by atoms with Crippen molar-refractivity contribution in [1.82, 2.24) is 39.5 Å². The van der Waals surface area contributed by atoms with Crippen LogP contribution in [-0.2, 0) is 23.1 Å². The van der Waals surface area contributed by atoms with Gasteiger partial charge >= 0.3 is 6.09 Å². The van der Waals surface area contributed by atoms with Gasteiger partial charge in [0.05, 0.1) is 16.7 Å². The highest BCUT2D eigenvalue weighted by molar-refractivity contribution is 5.98. The first-order valence-electron chi connectivity index (χ1n) is 16.7. The van der Waals surface area contributed by atoms with E-state index in [0.717, 1.165) is 34.6 Å². The van der Waals surface area contributed by atoms with Crippen LogP contribution in [0.2, 0.25) is 0 Å². The third kappa shape index (κ3) is 7.70. The van der Waals surface area contributed by atoms with E-state index in [0.29, 0.717) is 30.0 Å². The van der Waals surface area contributed by atoms with Crippen molar-refractivity contribution in [3.05, 3.63) is 60.3 Å². The smallest absolute Gasteiger partial charge is 0.410 e. The van der Waals surface area contributed by atoms with Gasteiger partial charge in [0, 0.05) is 68.5 Å². The maximum atomic E-state index is 13.7.